The van der Waals surface area contributed by atoms with Gasteiger partial charge >= 0.3 is 0 Å². The van der Waals surface area contributed by atoms with E-state index in [1.54, 1.807) is 19.0 Å². The molecular formula is C9H15NO2. The van der Waals surface area contributed by atoms with Gasteiger partial charge in [-0.2, -0.15) is 0 Å². The molecule has 0 aromatic heterocycles. The zero-order valence-corrected chi connectivity index (χ0v) is 7.53. The molecule has 3 heteroatoms. The summed E-state index contributed by atoms with van der Waals surface area (Å²) in [6.07, 6.45) is 4.61. The smallest absolute Gasteiger partial charge is 0.222 e. The van der Waals surface area contributed by atoms with E-state index >= 15 is 0 Å². The maximum absolute atomic E-state index is 11.2. The van der Waals surface area contributed by atoms with Gasteiger partial charge in [-0.25, -0.2) is 0 Å². The molecule has 0 saturated carbocycles. The maximum atomic E-state index is 11.2. The lowest BCUT2D eigenvalue weighted by Gasteiger charge is -2.16. The summed E-state index contributed by atoms with van der Waals surface area (Å²) in [6.45, 7) is 0. The van der Waals surface area contributed by atoms with Crippen LogP contribution in [0.4, 0.5) is 0 Å². The topological polar surface area (TPSA) is 40.5 Å². The average molecular weight is 169 g/mol. The molecule has 0 fully saturated rings. The van der Waals surface area contributed by atoms with E-state index in [1.807, 2.05) is 12.2 Å². The second-order valence-electron chi connectivity index (χ2n) is 3.39. The number of carbonyl (C=O) groups excluding carboxylic acids is 1. The molecule has 1 amide bonds. The predicted molar refractivity (Wildman–Crippen MR) is 46.6 cm³/mol. The van der Waals surface area contributed by atoms with Crippen LogP contribution in [-0.2, 0) is 4.79 Å². The van der Waals surface area contributed by atoms with Crippen molar-refractivity contribution in [3.63, 3.8) is 0 Å². The van der Waals surface area contributed by atoms with E-state index in [0.717, 1.165) is 0 Å². The van der Waals surface area contributed by atoms with Crippen molar-refractivity contribution >= 4 is 5.91 Å². The van der Waals surface area contributed by atoms with Crippen LogP contribution >= 0.6 is 0 Å². The lowest BCUT2D eigenvalue weighted by atomic mass is 10.0. The van der Waals surface area contributed by atoms with Crippen LogP contribution in [0.1, 0.15) is 12.8 Å². The Hall–Kier alpha value is -0.830. The summed E-state index contributed by atoms with van der Waals surface area (Å²) >= 11 is 0. The van der Waals surface area contributed by atoms with Gasteiger partial charge in [0.15, 0.2) is 0 Å². The highest BCUT2D eigenvalue weighted by Crippen LogP contribution is 2.21. The Morgan fingerprint density at radius 1 is 1.67 bits per heavy atom. The number of hydrogen-bond donors (Lipinski definition) is 1. The highest BCUT2D eigenvalue weighted by atomic mass is 16.3. The fourth-order valence-electron chi connectivity index (χ4n) is 1.28. The summed E-state index contributed by atoms with van der Waals surface area (Å²) in [5.41, 5.74) is 0. The molecule has 0 aromatic carbocycles. The Kier molecular flexibility index (Phi) is 2.87. The Balaban J connectivity index is 2.40. The van der Waals surface area contributed by atoms with Crippen LogP contribution in [0.3, 0.4) is 0 Å². The molecule has 12 heavy (non-hydrogen) atoms. The molecule has 0 aromatic rings. The minimum absolute atomic E-state index is 0.0277. The molecule has 68 valence electrons. The molecule has 1 rings (SSSR count). The first kappa shape index (κ1) is 9.26. The lowest BCUT2D eigenvalue weighted by Crippen LogP contribution is -2.26. The molecule has 0 spiro atoms. The lowest BCUT2D eigenvalue weighted by molar-refractivity contribution is -0.130. The van der Waals surface area contributed by atoms with Gasteiger partial charge in [0.25, 0.3) is 0 Å². The summed E-state index contributed by atoms with van der Waals surface area (Å²) in [4.78, 5) is 12.8. The molecule has 0 aliphatic heterocycles. The van der Waals surface area contributed by atoms with Crippen LogP contribution in [-0.4, -0.2) is 36.1 Å². The number of carbonyl (C=O) groups is 1. The van der Waals surface area contributed by atoms with Gasteiger partial charge in [-0.05, 0) is 6.42 Å². The van der Waals surface area contributed by atoms with Gasteiger partial charge in [-0.1, -0.05) is 12.2 Å². The molecule has 0 unspecified atom stereocenters. The Labute approximate surface area is 72.7 Å². The molecule has 1 N–H and O–H groups in total. The Morgan fingerprint density at radius 3 is 2.75 bits per heavy atom. The fourth-order valence-corrected chi connectivity index (χ4v) is 1.28. The molecule has 0 bridgehead atoms. The molecule has 1 aliphatic carbocycles. The largest absolute Gasteiger partial charge is 0.392 e. The third kappa shape index (κ3) is 2.08. The van der Waals surface area contributed by atoms with Gasteiger partial charge in [0.2, 0.25) is 5.91 Å². The van der Waals surface area contributed by atoms with Crippen LogP contribution in [0.15, 0.2) is 12.2 Å². The Morgan fingerprint density at radius 2 is 2.33 bits per heavy atom. The molecule has 3 nitrogen and oxygen atoms in total. The average Bonchev–Trinajstić information content (AvgIpc) is 2.36. The summed E-state index contributed by atoms with van der Waals surface area (Å²) in [6, 6.07) is 0. The Bertz CT molecular complexity index is 199. The van der Waals surface area contributed by atoms with Gasteiger partial charge in [-0.3, -0.25) is 4.79 Å². The number of rotatable bonds is 2. The highest BCUT2D eigenvalue weighted by Gasteiger charge is 2.23. The molecule has 0 radical (unpaired) electrons. The van der Waals surface area contributed by atoms with Crippen molar-refractivity contribution in [3.05, 3.63) is 12.2 Å². The zero-order chi connectivity index (χ0) is 9.14. The summed E-state index contributed by atoms with van der Waals surface area (Å²) in [7, 11) is 3.46. The minimum atomic E-state index is -0.353. The third-order valence-electron chi connectivity index (χ3n) is 2.16. The van der Waals surface area contributed by atoms with Crippen molar-refractivity contribution in [2.75, 3.05) is 14.1 Å². The number of aliphatic hydroxyl groups excluding tert-OH is 1. The van der Waals surface area contributed by atoms with E-state index in [0.29, 0.717) is 12.8 Å². The van der Waals surface area contributed by atoms with E-state index in [4.69, 9.17) is 0 Å². The van der Waals surface area contributed by atoms with Crippen molar-refractivity contribution in [3.8, 4) is 0 Å². The van der Waals surface area contributed by atoms with Crippen LogP contribution in [0.2, 0.25) is 0 Å². The normalized spacial score (nSPS) is 27.6. The van der Waals surface area contributed by atoms with E-state index in [2.05, 4.69) is 0 Å². The van der Waals surface area contributed by atoms with E-state index in [9.17, 15) is 9.90 Å². The van der Waals surface area contributed by atoms with Crippen LogP contribution in [0, 0.1) is 5.92 Å². The zero-order valence-electron chi connectivity index (χ0n) is 7.53. The van der Waals surface area contributed by atoms with Gasteiger partial charge < -0.3 is 10.0 Å². The van der Waals surface area contributed by atoms with Crippen LogP contribution in [0.5, 0.6) is 0 Å². The van der Waals surface area contributed by atoms with Crippen molar-refractivity contribution in [1.29, 1.82) is 0 Å². The number of amides is 1. The molecular weight excluding hydrogens is 154 g/mol. The molecule has 2 atom stereocenters. The van der Waals surface area contributed by atoms with Crippen LogP contribution < -0.4 is 0 Å². The fraction of sp³-hybridized carbons (Fsp3) is 0.667. The molecule has 0 saturated heterocycles. The maximum Gasteiger partial charge on any atom is 0.222 e. The second kappa shape index (κ2) is 3.72. The van der Waals surface area contributed by atoms with E-state index in [-0.39, 0.29) is 17.9 Å². The van der Waals surface area contributed by atoms with Crippen molar-refractivity contribution < 1.29 is 9.90 Å². The van der Waals surface area contributed by atoms with Crippen molar-refractivity contribution in [1.82, 2.24) is 4.90 Å². The summed E-state index contributed by atoms with van der Waals surface area (Å²) < 4.78 is 0. The summed E-state index contributed by atoms with van der Waals surface area (Å²) in [5.74, 6) is 0.102. The van der Waals surface area contributed by atoms with Gasteiger partial charge in [0.1, 0.15) is 0 Å². The SMILES string of the molecule is CN(C)C(=O)C[C@@H]1C=CC[C@@H]1O. The quantitative estimate of drug-likeness (QED) is 0.608. The first-order chi connectivity index (χ1) is 5.61. The van der Waals surface area contributed by atoms with E-state index < -0.39 is 0 Å². The highest BCUT2D eigenvalue weighted by molar-refractivity contribution is 5.76. The minimum Gasteiger partial charge on any atom is -0.392 e. The van der Waals surface area contributed by atoms with Gasteiger partial charge in [-0.15, -0.1) is 0 Å². The molecule has 0 heterocycles. The van der Waals surface area contributed by atoms with Crippen LogP contribution in [0.25, 0.3) is 0 Å². The number of nitrogens with zero attached hydrogens (tertiary/aromatic N) is 1. The molecule has 1 aliphatic rings. The number of aliphatic hydroxyl groups is 1. The van der Waals surface area contributed by atoms with Crippen molar-refractivity contribution in [2.24, 2.45) is 5.92 Å². The predicted octanol–water partition coefficient (Wildman–Crippen LogP) is 0.402. The standard InChI is InChI=1S/C9H15NO2/c1-10(2)9(12)6-7-4-3-5-8(7)11/h3-4,7-8,11H,5-6H2,1-2H3/t7-,8-/m0/s1. The van der Waals surface area contributed by atoms with E-state index in [1.165, 1.54) is 0 Å². The monoisotopic (exact) mass is 169 g/mol. The van der Waals surface area contributed by atoms with Gasteiger partial charge in [0.05, 0.1) is 6.10 Å². The first-order valence-electron chi connectivity index (χ1n) is 4.16. The summed E-state index contributed by atoms with van der Waals surface area (Å²) in [5, 5.41) is 9.39. The second-order valence-corrected chi connectivity index (χ2v) is 3.39. The van der Waals surface area contributed by atoms with Gasteiger partial charge in [0, 0.05) is 26.4 Å². The third-order valence-corrected chi connectivity index (χ3v) is 2.16. The number of hydrogen-bond acceptors (Lipinski definition) is 2. The van der Waals surface area contributed by atoms with Crippen molar-refractivity contribution in [2.45, 2.75) is 18.9 Å². The first-order valence-corrected chi connectivity index (χ1v) is 4.16.